The summed E-state index contributed by atoms with van der Waals surface area (Å²) in [4.78, 5) is 31.5. The largest absolute Gasteiger partial charge is 0.343 e. The average Bonchev–Trinajstić information content (AvgIpc) is 2.78. The van der Waals surface area contributed by atoms with Gasteiger partial charge in [-0.25, -0.2) is 0 Å². The number of halogens is 1. The number of piperazine rings is 1. The van der Waals surface area contributed by atoms with Crippen LogP contribution in [0.4, 0.5) is 0 Å². The van der Waals surface area contributed by atoms with E-state index in [2.05, 4.69) is 42.7 Å². The molecular weight excluding hydrogens is 422 g/mol. The third-order valence-electron chi connectivity index (χ3n) is 7.32. The molecule has 178 valence electrons. The van der Waals surface area contributed by atoms with Crippen molar-refractivity contribution in [3.8, 4) is 0 Å². The van der Waals surface area contributed by atoms with Crippen LogP contribution in [0.15, 0.2) is 24.3 Å². The number of amides is 2. The molecule has 0 aromatic heterocycles. The quantitative estimate of drug-likeness (QED) is 0.574. The standard InChI is InChI=1S/C26H40ClN3O2/c1-5-6-24(22-7-9-23(27)10-8-22)29-15-16-30(25(18-29)19(2)3)26(32)17-21-11-13-28(14-12-21)20(4)31/h7-10,19,21,24-25H,5-6,11-18H2,1-4H3. The number of carbonyl (C=O) groups excluding carboxylic acids is 2. The summed E-state index contributed by atoms with van der Waals surface area (Å²) < 4.78 is 0. The van der Waals surface area contributed by atoms with Crippen molar-refractivity contribution in [1.29, 1.82) is 0 Å². The van der Waals surface area contributed by atoms with Crippen molar-refractivity contribution in [1.82, 2.24) is 14.7 Å². The number of hydrogen-bond acceptors (Lipinski definition) is 3. The highest BCUT2D eigenvalue weighted by Crippen LogP contribution is 2.31. The zero-order valence-electron chi connectivity index (χ0n) is 20.2. The molecule has 3 rings (SSSR count). The van der Waals surface area contributed by atoms with Gasteiger partial charge in [0.15, 0.2) is 0 Å². The summed E-state index contributed by atoms with van der Waals surface area (Å²) in [5, 5.41) is 0.772. The van der Waals surface area contributed by atoms with Crippen molar-refractivity contribution in [2.45, 2.75) is 71.9 Å². The van der Waals surface area contributed by atoms with E-state index in [0.717, 1.165) is 63.4 Å². The van der Waals surface area contributed by atoms with E-state index in [1.54, 1.807) is 6.92 Å². The van der Waals surface area contributed by atoms with E-state index in [1.165, 1.54) is 5.56 Å². The smallest absolute Gasteiger partial charge is 0.223 e. The van der Waals surface area contributed by atoms with Crippen molar-refractivity contribution >= 4 is 23.4 Å². The Labute approximate surface area is 199 Å². The maximum absolute atomic E-state index is 13.3. The van der Waals surface area contributed by atoms with Crippen LogP contribution in [0.2, 0.25) is 5.02 Å². The van der Waals surface area contributed by atoms with E-state index in [-0.39, 0.29) is 11.9 Å². The maximum atomic E-state index is 13.3. The molecule has 0 radical (unpaired) electrons. The zero-order valence-corrected chi connectivity index (χ0v) is 21.0. The first-order valence-electron chi connectivity index (χ1n) is 12.3. The molecule has 2 aliphatic rings. The Morgan fingerprint density at radius 1 is 1.06 bits per heavy atom. The van der Waals surface area contributed by atoms with Gasteiger partial charge in [-0.3, -0.25) is 14.5 Å². The number of rotatable bonds is 7. The lowest BCUT2D eigenvalue weighted by Gasteiger charge is -2.46. The minimum Gasteiger partial charge on any atom is -0.343 e. The van der Waals surface area contributed by atoms with E-state index < -0.39 is 0 Å². The minimum absolute atomic E-state index is 0.146. The number of benzene rings is 1. The average molecular weight is 462 g/mol. The summed E-state index contributed by atoms with van der Waals surface area (Å²) in [5.41, 5.74) is 1.32. The molecule has 0 saturated carbocycles. The SMILES string of the molecule is CCCC(c1ccc(Cl)cc1)N1CCN(C(=O)CC2CCN(C(C)=O)CC2)C(C(C)C)C1. The van der Waals surface area contributed by atoms with Gasteiger partial charge in [0.2, 0.25) is 11.8 Å². The monoisotopic (exact) mass is 461 g/mol. The molecule has 2 heterocycles. The molecule has 1 aromatic carbocycles. The van der Waals surface area contributed by atoms with Crippen molar-refractivity contribution in [2.75, 3.05) is 32.7 Å². The number of hydrogen-bond donors (Lipinski definition) is 0. The van der Waals surface area contributed by atoms with Gasteiger partial charge in [-0.05, 0) is 48.8 Å². The van der Waals surface area contributed by atoms with E-state index in [4.69, 9.17) is 11.6 Å². The molecule has 2 amide bonds. The number of carbonyl (C=O) groups is 2. The first-order valence-corrected chi connectivity index (χ1v) is 12.7. The molecule has 5 nitrogen and oxygen atoms in total. The fourth-order valence-electron chi connectivity index (χ4n) is 5.33. The molecule has 2 unspecified atom stereocenters. The summed E-state index contributed by atoms with van der Waals surface area (Å²) in [5.74, 6) is 1.25. The highest BCUT2D eigenvalue weighted by molar-refractivity contribution is 6.30. The molecule has 1 aromatic rings. The molecule has 2 atom stereocenters. The van der Waals surface area contributed by atoms with Crippen molar-refractivity contribution in [3.05, 3.63) is 34.9 Å². The summed E-state index contributed by atoms with van der Waals surface area (Å²) in [6.45, 7) is 12.5. The fourth-order valence-corrected chi connectivity index (χ4v) is 5.46. The Balaban J connectivity index is 1.64. The van der Waals surface area contributed by atoms with Crippen molar-refractivity contribution < 1.29 is 9.59 Å². The zero-order chi connectivity index (χ0) is 23.3. The highest BCUT2D eigenvalue weighted by Gasteiger charge is 2.36. The predicted molar refractivity (Wildman–Crippen MR) is 131 cm³/mol. The van der Waals surface area contributed by atoms with Gasteiger partial charge >= 0.3 is 0 Å². The summed E-state index contributed by atoms with van der Waals surface area (Å²) >= 11 is 6.12. The van der Waals surface area contributed by atoms with E-state index >= 15 is 0 Å². The normalized spacial score (nSPS) is 21.8. The first kappa shape index (κ1) is 25.0. The van der Waals surface area contributed by atoms with Gasteiger partial charge in [-0.15, -0.1) is 0 Å². The summed E-state index contributed by atoms with van der Waals surface area (Å²) in [6.07, 6.45) is 4.72. The van der Waals surface area contributed by atoms with Gasteiger partial charge in [0, 0.05) is 63.2 Å². The van der Waals surface area contributed by atoms with Crippen molar-refractivity contribution in [3.63, 3.8) is 0 Å². The van der Waals surface area contributed by atoms with E-state index in [1.807, 2.05) is 17.0 Å². The second-order valence-corrected chi connectivity index (χ2v) is 10.3. The molecular formula is C26H40ClN3O2. The lowest BCUT2D eigenvalue weighted by molar-refractivity contribution is -0.139. The Kier molecular flexibility index (Phi) is 9.01. The first-order chi connectivity index (χ1) is 15.3. The Bertz CT molecular complexity index is 759. The lowest BCUT2D eigenvalue weighted by Crippen LogP contribution is -2.58. The second kappa shape index (κ2) is 11.5. The lowest BCUT2D eigenvalue weighted by atomic mass is 9.91. The van der Waals surface area contributed by atoms with E-state index in [0.29, 0.717) is 30.2 Å². The van der Waals surface area contributed by atoms with Gasteiger partial charge in [0.05, 0.1) is 0 Å². The van der Waals surface area contributed by atoms with Crippen LogP contribution in [-0.4, -0.2) is 65.3 Å². The number of piperidine rings is 1. The van der Waals surface area contributed by atoms with Gasteiger partial charge in [-0.1, -0.05) is 50.9 Å². The van der Waals surface area contributed by atoms with Crippen LogP contribution in [-0.2, 0) is 9.59 Å². The molecule has 2 aliphatic heterocycles. The van der Waals surface area contributed by atoms with Crippen LogP contribution in [0.1, 0.15) is 71.4 Å². The molecule has 32 heavy (non-hydrogen) atoms. The molecule has 0 bridgehead atoms. The third-order valence-corrected chi connectivity index (χ3v) is 7.57. The maximum Gasteiger partial charge on any atom is 0.223 e. The van der Waals surface area contributed by atoms with Crippen LogP contribution in [0, 0.1) is 11.8 Å². The van der Waals surface area contributed by atoms with Crippen LogP contribution >= 0.6 is 11.6 Å². The molecule has 0 aliphatic carbocycles. The summed E-state index contributed by atoms with van der Waals surface area (Å²) in [6, 6.07) is 8.87. The highest BCUT2D eigenvalue weighted by atomic mass is 35.5. The van der Waals surface area contributed by atoms with E-state index in [9.17, 15) is 9.59 Å². The number of nitrogens with zero attached hydrogens (tertiary/aromatic N) is 3. The summed E-state index contributed by atoms with van der Waals surface area (Å²) in [7, 11) is 0. The second-order valence-electron chi connectivity index (χ2n) is 9.90. The Morgan fingerprint density at radius 2 is 1.72 bits per heavy atom. The van der Waals surface area contributed by atoms with Gasteiger partial charge in [-0.2, -0.15) is 0 Å². The molecule has 6 heteroatoms. The van der Waals surface area contributed by atoms with Crippen LogP contribution in [0.25, 0.3) is 0 Å². The van der Waals surface area contributed by atoms with Gasteiger partial charge < -0.3 is 9.80 Å². The third kappa shape index (κ3) is 6.26. The van der Waals surface area contributed by atoms with Crippen LogP contribution in [0.5, 0.6) is 0 Å². The molecule has 2 fully saturated rings. The van der Waals surface area contributed by atoms with Gasteiger partial charge in [0.1, 0.15) is 0 Å². The molecule has 0 spiro atoms. The Morgan fingerprint density at radius 3 is 2.28 bits per heavy atom. The Hall–Kier alpha value is -1.59. The number of likely N-dealkylation sites (tertiary alicyclic amines) is 1. The van der Waals surface area contributed by atoms with Crippen LogP contribution < -0.4 is 0 Å². The molecule has 0 N–H and O–H groups in total. The predicted octanol–water partition coefficient (Wildman–Crippen LogP) is 5.00. The minimum atomic E-state index is 0.146. The van der Waals surface area contributed by atoms with Crippen molar-refractivity contribution in [2.24, 2.45) is 11.8 Å². The van der Waals surface area contributed by atoms with Gasteiger partial charge in [0.25, 0.3) is 0 Å². The fraction of sp³-hybridized carbons (Fsp3) is 0.692. The molecule has 2 saturated heterocycles. The topological polar surface area (TPSA) is 43.9 Å². The van der Waals surface area contributed by atoms with Crippen LogP contribution in [0.3, 0.4) is 0 Å².